The molecule has 1 heterocycles. The summed E-state index contributed by atoms with van der Waals surface area (Å²) >= 11 is 0. The van der Waals surface area contributed by atoms with Crippen LogP contribution in [0.15, 0.2) is 140 Å². The van der Waals surface area contributed by atoms with Crippen molar-refractivity contribution in [3.8, 4) is 44.8 Å². The molecule has 0 bridgehead atoms. The van der Waals surface area contributed by atoms with Crippen LogP contribution in [0.4, 0.5) is 0 Å². The first-order chi connectivity index (χ1) is 20.5. The molecule has 7 rings (SSSR count). The molecule has 0 saturated heterocycles. The van der Waals surface area contributed by atoms with Crippen molar-refractivity contribution < 1.29 is 4.57 Å². The molecule has 0 atom stereocenters. The number of fused-ring (bicyclic) bond motifs is 2. The number of hydrogen-bond acceptors (Lipinski definition) is 3. The fraction of sp³-hybridized carbons (Fsp3) is 0.0526. The third kappa shape index (κ3) is 4.72. The number of rotatable bonds is 5. The van der Waals surface area contributed by atoms with Crippen molar-refractivity contribution in [1.29, 1.82) is 0 Å². The Hall–Kier alpha value is -4.85. The summed E-state index contributed by atoms with van der Waals surface area (Å²) in [7, 11) is -2.40. The largest absolute Gasteiger partial charge is 0.319 e. The first-order valence-corrected chi connectivity index (χ1v) is 16.7. The summed E-state index contributed by atoms with van der Waals surface area (Å²) in [4.78, 5) is 9.33. The van der Waals surface area contributed by atoms with E-state index in [4.69, 9.17) is 0 Å². The molecule has 0 unspecified atom stereocenters. The predicted molar refractivity (Wildman–Crippen MR) is 178 cm³/mol. The van der Waals surface area contributed by atoms with Gasteiger partial charge in [-0.1, -0.05) is 121 Å². The highest BCUT2D eigenvalue weighted by molar-refractivity contribution is 7.70. The van der Waals surface area contributed by atoms with E-state index in [1.807, 2.05) is 56.1 Å². The molecule has 0 radical (unpaired) electrons. The van der Waals surface area contributed by atoms with E-state index in [0.717, 1.165) is 33.1 Å². The molecule has 6 aromatic carbocycles. The van der Waals surface area contributed by atoms with Crippen molar-refractivity contribution >= 4 is 34.0 Å². The van der Waals surface area contributed by atoms with Crippen LogP contribution in [0.5, 0.6) is 0 Å². The number of aromatic nitrogens is 2. The van der Waals surface area contributed by atoms with E-state index in [9.17, 15) is 4.57 Å². The van der Waals surface area contributed by atoms with Gasteiger partial charge in [-0.15, -0.1) is 0 Å². The van der Waals surface area contributed by atoms with Crippen LogP contribution < -0.4 is 5.30 Å². The van der Waals surface area contributed by atoms with Gasteiger partial charge in [-0.2, -0.15) is 0 Å². The molecule has 4 heteroatoms. The van der Waals surface area contributed by atoms with Gasteiger partial charge in [-0.05, 0) is 68.8 Å². The van der Waals surface area contributed by atoms with Gasteiger partial charge in [0.05, 0.1) is 0 Å². The Morgan fingerprint density at radius 2 is 0.929 bits per heavy atom. The molecule has 0 N–H and O–H groups in total. The van der Waals surface area contributed by atoms with Gasteiger partial charge in [0.1, 0.15) is 7.14 Å². The zero-order valence-electron chi connectivity index (χ0n) is 23.5. The van der Waals surface area contributed by atoms with Crippen LogP contribution >= 0.6 is 7.14 Å². The molecule has 0 saturated carbocycles. The van der Waals surface area contributed by atoms with Crippen LogP contribution in [0.2, 0.25) is 0 Å². The van der Waals surface area contributed by atoms with Crippen LogP contribution in [0.1, 0.15) is 0 Å². The normalized spacial score (nSPS) is 11.7. The summed E-state index contributed by atoms with van der Waals surface area (Å²) in [5.41, 5.74) is 7.67. The van der Waals surface area contributed by atoms with Crippen molar-refractivity contribution in [3.05, 3.63) is 140 Å². The Morgan fingerprint density at radius 1 is 0.452 bits per heavy atom. The monoisotopic (exact) mass is 560 g/mol. The van der Waals surface area contributed by atoms with Crippen molar-refractivity contribution in [2.24, 2.45) is 0 Å². The summed E-state index contributed by atoms with van der Waals surface area (Å²) in [5, 5.41) is 5.61. The van der Waals surface area contributed by atoms with Crippen LogP contribution in [0.3, 0.4) is 0 Å². The average molecular weight is 561 g/mol. The lowest BCUT2D eigenvalue weighted by Crippen LogP contribution is -2.02. The van der Waals surface area contributed by atoms with Gasteiger partial charge < -0.3 is 4.57 Å². The lowest BCUT2D eigenvalue weighted by Gasteiger charge is -2.18. The minimum Gasteiger partial charge on any atom is -0.319 e. The Labute approximate surface area is 245 Å². The lowest BCUT2D eigenvalue weighted by molar-refractivity contribution is 0.588. The van der Waals surface area contributed by atoms with Crippen LogP contribution in [-0.2, 0) is 4.57 Å². The predicted octanol–water partition coefficient (Wildman–Crippen LogP) is 9.70. The van der Waals surface area contributed by atoms with Gasteiger partial charge in [0, 0.05) is 28.8 Å². The minimum atomic E-state index is -2.40. The molecule has 42 heavy (non-hydrogen) atoms. The fourth-order valence-electron chi connectivity index (χ4n) is 5.79. The number of hydrogen-bond donors (Lipinski definition) is 0. The summed E-state index contributed by atoms with van der Waals surface area (Å²) in [6, 6.07) is 44.2. The van der Waals surface area contributed by atoms with E-state index in [1.54, 1.807) is 0 Å². The Morgan fingerprint density at radius 3 is 1.48 bits per heavy atom. The van der Waals surface area contributed by atoms with Gasteiger partial charge in [0.15, 0.2) is 5.82 Å². The second-order valence-corrected chi connectivity index (χ2v) is 14.2. The first-order valence-electron chi connectivity index (χ1n) is 14.0. The van der Waals surface area contributed by atoms with E-state index in [2.05, 4.69) is 107 Å². The standard InChI is InChI=1S/C38H29N2OP/c1-42(2,41)31-14-10-13-29(23-31)37-34-17-8-6-15-32(34)36(33-16-7-9-18-35(33)37)27-19-21-28(22-20-27)38-39-24-30(25-40-38)26-11-4-3-5-12-26/h3-25H,1-2H3. The summed E-state index contributed by atoms with van der Waals surface area (Å²) in [6.07, 6.45) is 3.77. The topological polar surface area (TPSA) is 42.9 Å². The molecule has 0 aliphatic rings. The van der Waals surface area contributed by atoms with E-state index in [-0.39, 0.29) is 0 Å². The SMILES string of the molecule is CP(C)(=O)c1cccc(-c2c3ccccc3c(-c3ccc(-c4ncc(-c5ccccc5)cn4)cc3)c3ccccc23)c1. The number of benzene rings is 6. The molecule has 0 spiro atoms. The van der Waals surface area contributed by atoms with Crippen LogP contribution in [-0.4, -0.2) is 23.3 Å². The van der Waals surface area contributed by atoms with E-state index < -0.39 is 7.14 Å². The Balaban J connectivity index is 1.36. The molecular weight excluding hydrogens is 531 g/mol. The molecule has 0 amide bonds. The minimum absolute atomic E-state index is 0.704. The highest BCUT2D eigenvalue weighted by atomic mass is 31.2. The van der Waals surface area contributed by atoms with E-state index in [0.29, 0.717) is 5.82 Å². The molecule has 202 valence electrons. The maximum Gasteiger partial charge on any atom is 0.159 e. The summed E-state index contributed by atoms with van der Waals surface area (Å²) in [5.74, 6) is 0.704. The summed E-state index contributed by atoms with van der Waals surface area (Å²) in [6.45, 7) is 3.66. The van der Waals surface area contributed by atoms with Crippen LogP contribution in [0.25, 0.3) is 66.3 Å². The third-order valence-electron chi connectivity index (χ3n) is 7.88. The first kappa shape index (κ1) is 26.1. The van der Waals surface area contributed by atoms with Crippen molar-refractivity contribution in [3.63, 3.8) is 0 Å². The van der Waals surface area contributed by atoms with Gasteiger partial charge in [-0.25, -0.2) is 9.97 Å². The molecule has 1 aromatic heterocycles. The van der Waals surface area contributed by atoms with Crippen LogP contribution in [0, 0.1) is 0 Å². The average Bonchev–Trinajstić information content (AvgIpc) is 3.04. The fourth-order valence-corrected chi connectivity index (χ4v) is 6.68. The highest BCUT2D eigenvalue weighted by Crippen LogP contribution is 2.44. The van der Waals surface area contributed by atoms with Gasteiger partial charge in [0.2, 0.25) is 0 Å². The quantitative estimate of drug-likeness (QED) is 0.155. The zero-order chi connectivity index (χ0) is 28.7. The Kier molecular flexibility index (Phi) is 6.53. The molecule has 0 aliphatic heterocycles. The number of nitrogens with zero attached hydrogens (tertiary/aromatic N) is 2. The summed E-state index contributed by atoms with van der Waals surface area (Å²) < 4.78 is 13.0. The third-order valence-corrected chi connectivity index (χ3v) is 9.40. The molecule has 0 aliphatic carbocycles. The zero-order valence-corrected chi connectivity index (χ0v) is 24.4. The van der Waals surface area contributed by atoms with Gasteiger partial charge in [-0.3, -0.25) is 0 Å². The molecular formula is C38H29N2OP. The smallest absolute Gasteiger partial charge is 0.159 e. The van der Waals surface area contributed by atoms with Crippen molar-refractivity contribution in [2.75, 3.05) is 13.3 Å². The maximum absolute atomic E-state index is 13.0. The van der Waals surface area contributed by atoms with Gasteiger partial charge in [0.25, 0.3) is 0 Å². The molecule has 3 nitrogen and oxygen atoms in total. The van der Waals surface area contributed by atoms with Gasteiger partial charge >= 0.3 is 0 Å². The second kappa shape index (κ2) is 10.5. The highest BCUT2D eigenvalue weighted by Gasteiger charge is 2.18. The second-order valence-electron chi connectivity index (χ2n) is 11.0. The molecule has 7 aromatic rings. The molecule has 0 fully saturated rings. The van der Waals surface area contributed by atoms with Crippen molar-refractivity contribution in [2.45, 2.75) is 0 Å². The lowest BCUT2D eigenvalue weighted by atomic mass is 9.86. The van der Waals surface area contributed by atoms with E-state index >= 15 is 0 Å². The maximum atomic E-state index is 13.0. The van der Waals surface area contributed by atoms with E-state index in [1.165, 1.54) is 32.7 Å². The van der Waals surface area contributed by atoms with Crippen molar-refractivity contribution in [1.82, 2.24) is 9.97 Å². The Bertz CT molecular complexity index is 2060.